The van der Waals surface area contributed by atoms with Crippen molar-refractivity contribution in [2.75, 3.05) is 28.2 Å². The molecule has 0 saturated heterocycles. The second-order valence-electron chi connectivity index (χ2n) is 8.62. The summed E-state index contributed by atoms with van der Waals surface area (Å²) in [7, 11) is 6.99. The Morgan fingerprint density at radius 2 is 1.56 bits per heavy atom. The van der Waals surface area contributed by atoms with E-state index in [0.717, 1.165) is 33.7 Å². The maximum Gasteiger partial charge on any atom is 0.263 e. The molecule has 0 bridgehead atoms. The number of thiophene rings is 2. The van der Waals surface area contributed by atoms with E-state index in [1.165, 1.54) is 22.7 Å². The van der Waals surface area contributed by atoms with Crippen molar-refractivity contribution in [3.05, 3.63) is 48.6 Å². The Morgan fingerprint density at radius 3 is 1.94 bits per heavy atom. The third-order valence-corrected chi connectivity index (χ3v) is 8.07. The summed E-state index contributed by atoms with van der Waals surface area (Å²) < 4.78 is 0. The first-order valence-corrected chi connectivity index (χ1v) is 12.0. The maximum absolute atomic E-state index is 12.8. The highest BCUT2D eigenvalue weighted by molar-refractivity contribution is 7.15. The average molecular weight is 474 g/mol. The number of aromatic nitrogens is 4. The van der Waals surface area contributed by atoms with Crippen LogP contribution in [-0.4, -0.2) is 76.5 Å². The number of tetrazole rings is 1. The molecule has 1 aliphatic carbocycles. The zero-order chi connectivity index (χ0) is 23.2. The van der Waals surface area contributed by atoms with Crippen LogP contribution in [-0.2, 0) is 18.3 Å². The number of amides is 2. The van der Waals surface area contributed by atoms with Gasteiger partial charge in [-0.05, 0) is 49.4 Å². The highest BCUT2D eigenvalue weighted by Crippen LogP contribution is 2.50. The molecule has 3 aromatic heterocycles. The monoisotopic (exact) mass is 473 g/mol. The number of aryl methyl sites for hydroxylation is 2. The van der Waals surface area contributed by atoms with E-state index < -0.39 is 5.41 Å². The number of aromatic amines is 1. The lowest BCUT2D eigenvalue weighted by Crippen LogP contribution is -2.37. The summed E-state index contributed by atoms with van der Waals surface area (Å²) in [4.78, 5) is 32.3. The predicted octanol–water partition coefficient (Wildman–Crippen LogP) is 1.90. The molecular formula is C21H27N7O2S2. The number of nitrogens with two attached hydrogens (primary N) is 1. The summed E-state index contributed by atoms with van der Waals surface area (Å²) in [5.41, 5.74) is 7.54. The van der Waals surface area contributed by atoms with Crippen LogP contribution in [0.25, 0.3) is 0 Å². The summed E-state index contributed by atoms with van der Waals surface area (Å²) >= 11 is 3.02. The molecule has 3 N–H and O–H groups in total. The van der Waals surface area contributed by atoms with Crippen LogP contribution in [0.2, 0.25) is 0 Å². The van der Waals surface area contributed by atoms with Gasteiger partial charge in [0.25, 0.3) is 11.8 Å². The lowest BCUT2D eigenvalue weighted by molar-refractivity contribution is 0.0825. The zero-order valence-corrected chi connectivity index (χ0v) is 20.4. The van der Waals surface area contributed by atoms with Crippen LogP contribution in [0.3, 0.4) is 0 Å². The van der Waals surface area contributed by atoms with Gasteiger partial charge in [-0.25, -0.2) is 0 Å². The fourth-order valence-corrected chi connectivity index (χ4v) is 6.87. The lowest BCUT2D eigenvalue weighted by Gasteiger charge is -2.32. The second-order valence-corrected chi connectivity index (χ2v) is 10.9. The second kappa shape index (κ2) is 8.38. The van der Waals surface area contributed by atoms with Gasteiger partial charge in [-0.15, -0.1) is 32.9 Å². The Morgan fingerprint density at radius 1 is 1.06 bits per heavy atom. The minimum atomic E-state index is -0.801. The molecule has 170 valence electrons. The Bertz CT molecular complexity index is 1080. The summed E-state index contributed by atoms with van der Waals surface area (Å²) in [6.45, 7) is 1.95. The fourth-order valence-electron chi connectivity index (χ4n) is 4.35. The third-order valence-electron chi connectivity index (χ3n) is 5.71. The molecule has 0 spiro atoms. The molecule has 3 aromatic rings. The van der Waals surface area contributed by atoms with Crippen molar-refractivity contribution in [2.24, 2.45) is 5.73 Å². The largest absolute Gasteiger partial charge is 0.344 e. The molecule has 11 heteroatoms. The van der Waals surface area contributed by atoms with Crippen molar-refractivity contribution >= 4 is 34.5 Å². The fraction of sp³-hybridized carbons (Fsp3) is 0.476. The molecule has 32 heavy (non-hydrogen) atoms. The van der Waals surface area contributed by atoms with Crippen LogP contribution in [0.1, 0.15) is 59.4 Å². The topological polar surface area (TPSA) is 121 Å². The smallest absolute Gasteiger partial charge is 0.263 e. The SMILES string of the molecule is C[C@H](N)CC1(c2nn[nH]n2)c2cc(C(=O)N(C)C)sc2CCc2sc(C(=O)N(C)C)cc21. The van der Waals surface area contributed by atoms with Gasteiger partial charge in [0.2, 0.25) is 0 Å². The van der Waals surface area contributed by atoms with Crippen molar-refractivity contribution < 1.29 is 9.59 Å². The van der Waals surface area contributed by atoms with Crippen LogP contribution in [0, 0.1) is 0 Å². The molecule has 0 aromatic carbocycles. The van der Waals surface area contributed by atoms with Crippen molar-refractivity contribution in [3.63, 3.8) is 0 Å². The standard InChI is InChI=1S/C21H27N7O2S2/c1-11(22)10-21(20-23-25-26-24-20)12-8-16(18(29)27(2)3)31-14(12)6-7-15-13(21)9-17(32-15)19(30)28(4)5/h8-9,11H,6-7,10,22H2,1-5H3,(H,23,24,25,26)/t11-/m0/s1. The number of nitrogens with zero attached hydrogens (tertiary/aromatic N) is 5. The molecule has 0 radical (unpaired) electrons. The minimum Gasteiger partial charge on any atom is -0.344 e. The quantitative estimate of drug-likeness (QED) is 0.584. The van der Waals surface area contributed by atoms with Crippen LogP contribution in [0.15, 0.2) is 12.1 Å². The summed E-state index contributed by atoms with van der Waals surface area (Å²) in [5, 5.41) is 15.2. The number of fused-ring (bicyclic) bond motifs is 2. The van der Waals surface area contributed by atoms with Gasteiger partial charge in [0.05, 0.1) is 15.2 Å². The summed E-state index contributed by atoms with van der Waals surface area (Å²) in [6.07, 6.45) is 2.05. The Labute approximate surface area is 194 Å². The van der Waals surface area contributed by atoms with Gasteiger partial charge >= 0.3 is 0 Å². The number of carbonyl (C=O) groups is 2. The Hall–Kier alpha value is -2.63. The lowest BCUT2D eigenvalue weighted by atomic mass is 9.70. The van der Waals surface area contributed by atoms with E-state index in [-0.39, 0.29) is 17.9 Å². The molecule has 0 unspecified atom stereocenters. The third kappa shape index (κ3) is 3.63. The molecule has 9 nitrogen and oxygen atoms in total. The minimum absolute atomic E-state index is 0.0418. The molecule has 3 heterocycles. The summed E-state index contributed by atoms with van der Waals surface area (Å²) in [6, 6.07) is 3.73. The van der Waals surface area contributed by atoms with Crippen molar-refractivity contribution in [3.8, 4) is 0 Å². The van der Waals surface area contributed by atoms with E-state index in [0.29, 0.717) is 22.0 Å². The Balaban J connectivity index is 2.02. The molecule has 4 rings (SSSR count). The van der Waals surface area contributed by atoms with Crippen LogP contribution in [0.5, 0.6) is 0 Å². The van der Waals surface area contributed by atoms with Gasteiger partial charge in [-0.1, -0.05) is 5.21 Å². The highest BCUT2D eigenvalue weighted by Gasteiger charge is 2.47. The number of rotatable bonds is 5. The van der Waals surface area contributed by atoms with E-state index in [2.05, 4.69) is 20.6 Å². The van der Waals surface area contributed by atoms with Gasteiger partial charge in [-0.2, -0.15) is 5.21 Å². The first-order valence-electron chi connectivity index (χ1n) is 10.3. The van der Waals surface area contributed by atoms with Gasteiger partial charge < -0.3 is 15.5 Å². The molecule has 2 amide bonds. The summed E-state index contributed by atoms with van der Waals surface area (Å²) in [5.74, 6) is 0.419. The molecule has 1 aliphatic rings. The maximum atomic E-state index is 12.8. The number of hydrogen-bond donors (Lipinski definition) is 2. The molecule has 0 aliphatic heterocycles. The van der Waals surface area contributed by atoms with E-state index >= 15 is 0 Å². The first kappa shape index (κ1) is 22.6. The normalized spacial score (nSPS) is 15.4. The van der Waals surface area contributed by atoms with Gasteiger partial charge in [0.1, 0.15) is 0 Å². The van der Waals surface area contributed by atoms with Gasteiger partial charge in [-0.3, -0.25) is 9.59 Å². The number of hydrogen-bond acceptors (Lipinski definition) is 8. The number of H-pyrrole nitrogens is 1. The van der Waals surface area contributed by atoms with E-state index in [1.54, 1.807) is 38.0 Å². The molecular weight excluding hydrogens is 446 g/mol. The van der Waals surface area contributed by atoms with E-state index in [9.17, 15) is 9.59 Å². The number of nitrogens with one attached hydrogen (secondary N) is 1. The van der Waals surface area contributed by atoms with Crippen molar-refractivity contribution in [1.29, 1.82) is 0 Å². The zero-order valence-electron chi connectivity index (χ0n) is 18.8. The average Bonchev–Trinajstić information content (AvgIpc) is 3.48. The number of carbonyl (C=O) groups excluding carboxylic acids is 2. The predicted molar refractivity (Wildman–Crippen MR) is 124 cm³/mol. The van der Waals surface area contributed by atoms with Crippen molar-refractivity contribution in [2.45, 2.75) is 37.6 Å². The van der Waals surface area contributed by atoms with Gasteiger partial charge in [0.15, 0.2) is 5.82 Å². The van der Waals surface area contributed by atoms with E-state index in [1.807, 2.05) is 19.1 Å². The van der Waals surface area contributed by atoms with E-state index in [4.69, 9.17) is 5.73 Å². The van der Waals surface area contributed by atoms with Gasteiger partial charge in [0, 0.05) is 44.0 Å². The van der Waals surface area contributed by atoms with Crippen LogP contribution >= 0.6 is 22.7 Å². The first-order chi connectivity index (χ1) is 15.1. The molecule has 1 atom stereocenters. The highest BCUT2D eigenvalue weighted by atomic mass is 32.1. The molecule has 0 saturated carbocycles. The molecule has 0 fully saturated rings. The Kier molecular flexibility index (Phi) is 5.91. The van der Waals surface area contributed by atoms with Crippen LogP contribution < -0.4 is 5.73 Å². The van der Waals surface area contributed by atoms with Crippen molar-refractivity contribution in [1.82, 2.24) is 30.4 Å². The van der Waals surface area contributed by atoms with Crippen LogP contribution in [0.4, 0.5) is 0 Å².